The van der Waals surface area contributed by atoms with Gasteiger partial charge in [0.25, 0.3) is 0 Å². The number of hydrogen-bond acceptors (Lipinski definition) is 5. The first-order valence-electron chi connectivity index (χ1n) is 9.06. The second-order valence-electron chi connectivity index (χ2n) is 7.28. The molecule has 0 radical (unpaired) electrons. The molecule has 1 fully saturated rings. The molecule has 0 saturated carbocycles. The van der Waals surface area contributed by atoms with Crippen molar-refractivity contribution in [3.05, 3.63) is 36.7 Å². The number of benzene rings is 1. The Morgan fingerprint density at radius 2 is 2.11 bits per heavy atom. The van der Waals surface area contributed by atoms with Crippen LogP contribution in [0.4, 0.5) is 0 Å². The van der Waals surface area contributed by atoms with E-state index in [1.165, 1.54) is 4.31 Å². The Morgan fingerprint density at radius 1 is 1.33 bits per heavy atom. The maximum absolute atomic E-state index is 12.3. The van der Waals surface area contributed by atoms with Gasteiger partial charge in [0.05, 0.1) is 31.1 Å². The van der Waals surface area contributed by atoms with E-state index in [0.29, 0.717) is 13.2 Å². The standard InChI is InChI=1S/C19H27N3O4S/c1-14(2)26-17-7-5-6-15(10-17)19-20-8-9-22(19)18-12-25-11-16(18)13-27(23,24)21(3)4/h5-10,14,16,18H,11-13H2,1-4H3/t16-,18+/m0/s1. The molecule has 3 rings (SSSR count). The average molecular weight is 394 g/mol. The van der Waals surface area contributed by atoms with Crippen LogP contribution in [0.5, 0.6) is 5.75 Å². The molecule has 1 aliphatic heterocycles. The van der Waals surface area contributed by atoms with E-state index in [4.69, 9.17) is 9.47 Å². The first kappa shape index (κ1) is 19.9. The topological polar surface area (TPSA) is 73.7 Å². The molecule has 8 heteroatoms. The van der Waals surface area contributed by atoms with E-state index in [2.05, 4.69) is 4.98 Å². The molecule has 2 aromatic rings. The molecule has 0 aliphatic carbocycles. The summed E-state index contributed by atoms with van der Waals surface area (Å²) in [5, 5.41) is 0. The Balaban J connectivity index is 1.88. The van der Waals surface area contributed by atoms with E-state index in [1.54, 1.807) is 20.3 Å². The summed E-state index contributed by atoms with van der Waals surface area (Å²) in [4.78, 5) is 4.51. The van der Waals surface area contributed by atoms with Gasteiger partial charge in [-0.05, 0) is 26.0 Å². The van der Waals surface area contributed by atoms with Crippen LogP contribution in [0.3, 0.4) is 0 Å². The van der Waals surface area contributed by atoms with Crippen LogP contribution in [-0.2, 0) is 14.8 Å². The summed E-state index contributed by atoms with van der Waals surface area (Å²) in [5.41, 5.74) is 0.930. The van der Waals surface area contributed by atoms with Crippen molar-refractivity contribution in [3.8, 4) is 17.1 Å². The average Bonchev–Trinajstić information content (AvgIpc) is 3.22. The van der Waals surface area contributed by atoms with Crippen molar-refractivity contribution in [2.75, 3.05) is 33.1 Å². The highest BCUT2D eigenvalue weighted by Crippen LogP contribution is 2.32. The van der Waals surface area contributed by atoms with Crippen LogP contribution in [0, 0.1) is 5.92 Å². The predicted octanol–water partition coefficient (Wildman–Crippen LogP) is 2.42. The van der Waals surface area contributed by atoms with Crippen LogP contribution in [-0.4, -0.2) is 61.4 Å². The van der Waals surface area contributed by atoms with Crippen LogP contribution in [0.2, 0.25) is 0 Å². The lowest BCUT2D eigenvalue weighted by molar-refractivity contribution is 0.182. The van der Waals surface area contributed by atoms with Crippen molar-refractivity contribution in [1.29, 1.82) is 0 Å². The van der Waals surface area contributed by atoms with Crippen LogP contribution in [0.15, 0.2) is 36.7 Å². The molecule has 1 aliphatic rings. The van der Waals surface area contributed by atoms with Gasteiger partial charge in [0, 0.05) is 38.0 Å². The molecule has 2 atom stereocenters. The summed E-state index contributed by atoms with van der Waals surface area (Å²) < 4.78 is 39.4. The van der Waals surface area contributed by atoms with Crippen LogP contribution >= 0.6 is 0 Å². The number of aromatic nitrogens is 2. The van der Waals surface area contributed by atoms with Gasteiger partial charge in [-0.1, -0.05) is 12.1 Å². The lowest BCUT2D eigenvalue weighted by Crippen LogP contribution is -2.32. The summed E-state index contributed by atoms with van der Waals surface area (Å²) in [6.45, 7) is 4.86. The van der Waals surface area contributed by atoms with Crippen molar-refractivity contribution in [1.82, 2.24) is 13.9 Å². The molecule has 2 heterocycles. The van der Waals surface area contributed by atoms with Crippen LogP contribution < -0.4 is 4.74 Å². The zero-order valence-electron chi connectivity index (χ0n) is 16.2. The fourth-order valence-corrected chi connectivity index (χ4v) is 4.42. The van der Waals surface area contributed by atoms with E-state index >= 15 is 0 Å². The number of hydrogen-bond donors (Lipinski definition) is 0. The van der Waals surface area contributed by atoms with Gasteiger partial charge in [0.2, 0.25) is 10.0 Å². The largest absolute Gasteiger partial charge is 0.491 e. The molecule has 0 bridgehead atoms. The Labute approximate surface area is 161 Å². The zero-order valence-corrected chi connectivity index (χ0v) is 17.0. The van der Waals surface area contributed by atoms with Crippen LogP contribution in [0.1, 0.15) is 19.9 Å². The van der Waals surface area contributed by atoms with Crippen LogP contribution in [0.25, 0.3) is 11.4 Å². The summed E-state index contributed by atoms with van der Waals surface area (Å²) in [6.07, 6.45) is 3.71. The molecule has 1 aromatic heterocycles. The van der Waals surface area contributed by atoms with Crippen molar-refractivity contribution in [2.24, 2.45) is 5.92 Å². The molecule has 0 unspecified atom stereocenters. The van der Waals surface area contributed by atoms with E-state index in [0.717, 1.165) is 17.1 Å². The second-order valence-corrected chi connectivity index (χ2v) is 9.51. The van der Waals surface area contributed by atoms with Gasteiger partial charge in [0.15, 0.2) is 0 Å². The highest BCUT2D eigenvalue weighted by Gasteiger charge is 2.35. The molecule has 1 aromatic carbocycles. The minimum atomic E-state index is -3.30. The Hall–Kier alpha value is -1.90. The third-order valence-corrected chi connectivity index (χ3v) is 6.60. The SMILES string of the molecule is CC(C)Oc1cccc(-c2nccn2[C@@H]2COC[C@H]2CS(=O)(=O)N(C)C)c1. The van der Waals surface area contributed by atoms with Gasteiger partial charge in [-0.3, -0.25) is 0 Å². The molecule has 27 heavy (non-hydrogen) atoms. The smallest absolute Gasteiger partial charge is 0.214 e. The van der Waals surface area contributed by atoms with Gasteiger partial charge >= 0.3 is 0 Å². The van der Waals surface area contributed by atoms with E-state index in [-0.39, 0.29) is 23.8 Å². The summed E-state index contributed by atoms with van der Waals surface area (Å²) in [6, 6.07) is 7.72. The predicted molar refractivity (Wildman–Crippen MR) is 104 cm³/mol. The van der Waals surface area contributed by atoms with Gasteiger partial charge in [-0.25, -0.2) is 17.7 Å². The minimum Gasteiger partial charge on any atom is -0.491 e. The molecule has 0 amide bonds. The van der Waals surface area contributed by atoms with Crippen molar-refractivity contribution >= 4 is 10.0 Å². The number of sulfonamides is 1. The van der Waals surface area contributed by atoms with E-state index in [9.17, 15) is 8.42 Å². The first-order chi connectivity index (χ1) is 12.8. The maximum atomic E-state index is 12.3. The zero-order chi connectivity index (χ0) is 19.6. The van der Waals surface area contributed by atoms with Crippen molar-refractivity contribution in [2.45, 2.75) is 26.0 Å². The lowest BCUT2D eigenvalue weighted by Gasteiger charge is -2.22. The van der Waals surface area contributed by atoms with Gasteiger partial charge in [0.1, 0.15) is 11.6 Å². The Bertz CT molecular complexity index is 877. The van der Waals surface area contributed by atoms with Gasteiger partial charge in [-0.15, -0.1) is 0 Å². The molecule has 0 N–H and O–H groups in total. The molecule has 148 valence electrons. The molecular formula is C19H27N3O4S. The van der Waals surface area contributed by atoms with E-state index < -0.39 is 10.0 Å². The fourth-order valence-electron chi connectivity index (χ4n) is 3.26. The molecule has 1 saturated heterocycles. The Morgan fingerprint density at radius 3 is 2.81 bits per heavy atom. The Kier molecular flexibility index (Phi) is 5.88. The van der Waals surface area contributed by atoms with Crippen molar-refractivity contribution < 1.29 is 17.9 Å². The molecule has 0 spiro atoms. The highest BCUT2D eigenvalue weighted by molar-refractivity contribution is 7.89. The third-order valence-electron chi connectivity index (χ3n) is 4.64. The number of imidazole rings is 1. The number of ether oxygens (including phenoxy) is 2. The summed E-state index contributed by atoms with van der Waals surface area (Å²) >= 11 is 0. The van der Waals surface area contributed by atoms with E-state index in [1.807, 2.05) is 48.9 Å². The number of nitrogens with zero attached hydrogens (tertiary/aromatic N) is 3. The normalized spacial score (nSPS) is 20.5. The molecular weight excluding hydrogens is 366 g/mol. The first-order valence-corrected chi connectivity index (χ1v) is 10.7. The highest BCUT2D eigenvalue weighted by atomic mass is 32.2. The lowest BCUT2D eigenvalue weighted by atomic mass is 10.1. The second kappa shape index (κ2) is 8.00. The summed E-state index contributed by atoms with van der Waals surface area (Å²) in [7, 11) is -0.187. The third kappa shape index (κ3) is 4.51. The number of rotatable bonds is 7. The quantitative estimate of drug-likeness (QED) is 0.722. The van der Waals surface area contributed by atoms with Gasteiger partial charge < -0.3 is 14.0 Å². The summed E-state index contributed by atoms with van der Waals surface area (Å²) in [5.74, 6) is 1.50. The maximum Gasteiger partial charge on any atom is 0.214 e. The van der Waals surface area contributed by atoms with Gasteiger partial charge in [-0.2, -0.15) is 0 Å². The molecule has 7 nitrogen and oxygen atoms in total. The monoisotopic (exact) mass is 393 g/mol. The minimum absolute atomic E-state index is 0.0544. The van der Waals surface area contributed by atoms with Crippen molar-refractivity contribution in [3.63, 3.8) is 0 Å². The fraction of sp³-hybridized carbons (Fsp3) is 0.526.